The molecule has 0 saturated carbocycles. The van der Waals surface area contributed by atoms with Crippen LogP contribution in [0.2, 0.25) is 0 Å². The van der Waals surface area contributed by atoms with Crippen molar-refractivity contribution in [2.45, 2.75) is 13.3 Å². The number of H-pyrrole nitrogens is 1. The standard InChI is InChI=1S/C18H17N5O/c1-12-4-2-5-13-14(7-9-20-17(12)13)19-10-8-16-21-18(23-22-16)15-6-3-11-24-15/h2-7,9,11H,8,10H2,1H3,(H,19,20)(H,21,22,23). The van der Waals surface area contributed by atoms with Crippen molar-refractivity contribution in [1.82, 2.24) is 20.2 Å². The second kappa shape index (κ2) is 6.16. The van der Waals surface area contributed by atoms with Crippen molar-refractivity contribution in [3.8, 4) is 11.6 Å². The first-order valence-electron chi connectivity index (χ1n) is 7.84. The molecule has 3 heterocycles. The number of fused-ring (bicyclic) bond motifs is 1. The number of anilines is 1. The number of aryl methyl sites for hydroxylation is 1. The highest BCUT2D eigenvalue weighted by atomic mass is 16.3. The van der Waals surface area contributed by atoms with Gasteiger partial charge in [-0.3, -0.25) is 10.1 Å². The molecule has 0 aliphatic heterocycles. The van der Waals surface area contributed by atoms with Crippen molar-refractivity contribution in [2.24, 2.45) is 0 Å². The Balaban J connectivity index is 1.46. The van der Waals surface area contributed by atoms with Gasteiger partial charge in [0.05, 0.1) is 11.8 Å². The average Bonchev–Trinajstić information content (AvgIpc) is 3.27. The van der Waals surface area contributed by atoms with E-state index in [-0.39, 0.29) is 0 Å². The second-order valence-electron chi connectivity index (χ2n) is 5.59. The Kier molecular flexibility index (Phi) is 3.70. The van der Waals surface area contributed by atoms with Gasteiger partial charge < -0.3 is 9.73 Å². The molecule has 0 unspecified atom stereocenters. The SMILES string of the molecule is Cc1cccc2c(NCCc3nc(-c4ccco4)n[nH]3)ccnc12. The lowest BCUT2D eigenvalue weighted by molar-refractivity contribution is 0.577. The lowest BCUT2D eigenvalue weighted by atomic mass is 10.1. The molecule has 0 aliphatic carbocycles. The maximum Gasteiger partial charge on any atom is 0.216 e. The Morgan fingerprint density at radius 3 is 3.00 bits per heavy atom. The average molecular weight is 319 g/mol. The van der Waals surface area contributed by atoms with Crippen molar-refractivity contribution >= 4 is 16.6 Å². The van der Waals surface area contributed by atoms with E-state index in [0.29, 0.717) is 11.6 Å². The summed E-state index contributed by atoms with van der Waals surface area (Å²) < 4.78 is 5.30. The van der Waals surface area contributed by atoms with E-state index < -0.39 is 0 Å². The molecule has 4 rings (SSSR count). The van der Waals surface area contributed by atoms with Crippen LogP contribution in [-0.4, -0.2) is 26.7 Å². The first-order valence-corrected chi connectivity index (χ1v) is 7.84. The predicted molar refractivity (Wildman–Crippen MR) is 92.8 cm³/mol. The van der Waals surface area contributed by atoms with Gasteiger partial charge in [0.25, 0.3) is 0 Å². The zero-order chi connectivity index (χ0) is 16.4. The van der Waals surface area contributed by atoms with Crippen LogP contribution < -0.4 is 5.32 Å². The Morgan fingerprint density at radius 1 is 1.17 bits per heavy atom. The second-order valence-corrected chi connectivity index (χ2v) is 5.59. The fourth-order valence-electron chi connectivity index (χ4n) is 2.72. The summed E-state index contributed by atoms with van der Waals surface area (Å²) in [6, 6.07) is 11.9. The monoisotopic (exact) mass is 319 g/mol. The van der Waals surface area contributed by atoms with E-state index in [1.54, 1.807) is 6.26 Å². The van der Waals surface area contributed by atoms with Gasteiger partial charge in [0.1, 0.15) is 5.82 Å². The zero-order valence-electron chi connectivity index (χ0n) is 13.3. The highest BCUT2D eigenvalue weighted by molar-refractivity contribution is 5.92. The molecule has 0 radical (unpaired) electrons. The molecule has 2 N–H and O–H groups in total. The van der Waals surface area contributed by atoms with E-state index in [1.807, 2.05) is 24.4 Å². The van der Waals surface area contributed by atoms with E-state index in [9.17, 15) is 0 Å². The molecule has 0 aliphatic rings. The van der Waals surface area contributed by atoms with E-state index in [4.69, 9.17) is 4.42 Å². The van der Waals surface area contributed by atoms with Crippen LogP contribution in [0.3, 0.4) is 0 Å². The Morgan fingerprint density at radius 2 is 2.12 bits per heavy atom. The number of para-hydroxylation sites is 1. The van der Waals surface area contributed by atoms with Gasteiger partial charge in [0.15, 0.2) is 5.76 Å². The topological polar surface area (TPSA) is 79.6 Å². The molecular weight excluding hydrogens is 302 g/mol. The van der Waals surface area contributed by atoms with Crippen LogP contribution >= 0.6 is 0 Å². The predicted octanol–water partition coefficient (Wildman–Crippen LogP) is 3.58. The van der Waals surface area contributed by atoms with Gasteiger partial charge in [-0.2, -0.15) is 5.10 Å². The summed E-state index contributed by atoms with van der Waals surface area (Å²) in [5.74, 6) is 2.07. The Bertz CT molecular complexity index is 959. The van der Waals surface area contributed by atoms with Gasteiger partial charge in [-0.15, -0.1) is 0 Å². The van der Waals surface area contributed by atoms with Crippen molar-refractivity contribution < 1.29 is 4.42 Å². The lowest BCUT2D eigenvalue weighted by Gasteiger charge is -2.09. The molecule has 4 aromatic rings. The van der Waals surface area contributed by atoms with E-state index in [0.717, 1.165) is 35.4 Å². The number of furan rings is 1. The van der Waals surface area contributed by atoms with Crippen molar-refractivity contribution in [2.75, 3.05) is 11.9 Å². The molecule has 120 valence electrons. The van der Waals surface area contributed by atoms with Crippen LogP contribution in [0.25, 0.3) is 22.5 Å². The lowest BCUT2D eigenvalue weighted by Crippen LogP contribution is -2.06. The maximum atomic E-state index is 5.30. The first-order chi connectivity index (χ1) is 11.8. The highest BCUT2D eigenvalue weighted by Crippen LogP contribution is 2.23. The van der Waals surface area contributed by atoms with Gasteiger partial charge in [-0.05, 0) is 30.7 Å². The number of pyridine rings is 1. The number of nitrogens with zero attached hydrogens (tertiary/aromatic N) is 3. The number of benzene rings is 1. The van der Waals surface area contributed by atoms with E-state index in [2.05, 4.69) is 50.6 Å². The molecule has 0 saturated heterocycles. The molecular formula is C18H17N5O. The van der Waals surface area contributed by atoms with Gasteiger partial charge in [0.2, 0.25) is 5.82 Å². The van der Waals surface area contributed by atoms with Gasteiger partial charge in [0, 0.05) is 30.2 Å². The number of aromatic amines is 1. The smallest absolute Gasteiger partial charge is 0.216 e. The van der Waals surface area contributed by atoms with Crippen LogP contribution in [0.4, 0.5) is 5.69 Å². The molecule has 0 amide bonds. The van der Waals surface area contributed by atoms with Gasteiger partial charge in [-0.25, -0.2) is 4.98 Å². The normalized spacial score (nSPS) is 11.0. The molecule has 6 heteroatoms. The van der Waals surface area contributed by atoms with Crippen LogP contribution in [-0.2, 0) is 6.42 Å². The van der Waals surface area contributed by atoms with Crippen LogP contribution in [0.5, 0.6) is 0 Å². The fraction of sp³-hybridized carbons (Fsp3) is 0.167. The van der Waals surface area contributed by atoms with Crippen LogP contribution in [0.15, 0.2) is 53.3 Å². The molecule has 0 atom stereocenters. The summed E-state index contributed by atoms with van der Waals surface area (Å²) in [5, 5.41) is 11.7. The number of aromatic nitrogens is 4. The summed E-state index contributed by atoms with van der Waals surface area (Å²) in [6.45, 7) is 2.82. The van der Waals surface area contributed by atoms with Crippen molar-refractivity contribution in [3.05, 3.63) is 60.2 Å². The first kappa shape index (κ1) is 14.4. The number of rotatable bonds is 5. The minimum Gasteiger partial charge on any atom is -0.461 e. The van der Waals surface area contributed by atoms with Crippen LogP contribution in [0, 0.1) is 6.92 Å². The third kappa shape index (κ3) is 2.74. The molecule has 24 heavy (non-hydrogen) atoms. The largest absolute Gasteiger partial charge is 0.461 e. The maximum absolute atomic E-state index is 5.30. The summed E-state index contributed by atoms with van der Waals surface area (Å²) in [4.78, 5) is 8.91. The number of hydrogen-bond acceptors (Lipinski definition) is 5. The highest BCUT2D eigenvalue weighted by Gasteiger charge is 2.08. The minimum atomic E-state index is 0.583. The van der Waals surface area contributed by atoms with Gasteiger partial charge in [-0.1, -0.05) is 18.2 Å². The molecule has 1 aromatic carbocycles. The Labute approximate surface area is 139 Å². The fourth-order valence-corrected chi connectivity index (χ4v) is 2.72. The van der Waals surface area contributed by atoms with Gasteiger partial charge >= 0.3 is 0 Å². The summed E-state index contributed by atoms with van der Waals surface area (Å²) in [5.41, 5.74) is 3.28. The third-order valence-electron chi connectivity index (χ3n) is 3.92. The Hall–Kier alpha value is -3.15. The molecule has 0 fully saturated rings. The molecule has 0 spiro atoms. The minimum absolute atomic E-state index is 0.583. The molecule has 3 aromatic heterocycles. The van der Waals surface area contributed by atoms with E-state index >= 15 is 0 Å². The third-order valence-corrected chi connectivity index (χ3v) is 3.92. The van der Waals surface area contributed by atoms with Crippen molar-refractivity contribution in [1.29, 1.82) is 0 Å². The number of hydrogen-bond donors (Lipinski definition) is 2. The van der Waals surface area contributed by atoms with Crippen molar-refractivity contribution in [3.63, 3.8) is 0 Å². The molecule has 0 bridgehead atoms. The summed E-state index contributed by atoms with van der Waals surface area (Å²) >= 11 is 0. The summed E-state index contributed by atoms with van der Waals surface area (Å²) in [6.07, 6.45) is 4.19. The zero-order valence-corrected chi connectivity index (χ0v) is 13.3. The van der Waals surface area contributed by atoms with E-state index in [1.165, 1.54) is 5.56 Å². The number of nitrogens with one attached hydrogen (secondary N) is 2. The molecule has 6 nitrogen and oxygen atoms in total. The summed E-state index contributed by atoms with van der Waals surface area (Å²) in [7, 11) is 0. The quantitative estimate of drug-likeness (QED) is 0.588. The van der Waals surface area contributed by atoms with Crippen LogP contribution in [0.1, 0.15) is 11.4 Å².